The monoisotopic (exact) mass is 167 g/mol. The van der Waals surface area contributed by atoms with E-state index in [4.69, 9.17) is 11.0 Å². The molecule has 0 spiro atoms. The number of nitrogens with two attached hydrogens (primary N) is 1. The van der Waals surface area contributed by atoms with Gasteiger partial charge in [-0.25, -0.2) is 0 Å². The number of hydrogen-bond acceptors (Lipinski definition) is 3. The largest absolute Gasteiger partial charge is 0.315 e. The highest BCUT2D eigenvalue weighted by Crippen LogP contribution is 2.34. The molecule has 2 N–H and O–H groups in total. The minimum Gasteiger partial charge on any atom is -0.315 e. The van der Waals surface area contributed by atoms with Gasteiger partial charge < -0.3 is 10.6 Å². The van der Waals surface area contributed by atoms with E-state index in [0.717, 1.165) is 5.92 Å². The maximum Gasteiger partial charge on any atom is 0.106 e. The van der Waals surface area contributed by atoms with Crippen LogP contribution >= 0.6 is 0 Å². The Morgan fingerprint density at radius 1 is 1.67 bits per heavy atom. The molecular weight excluding hydrogens is 150 g/mol. The van der Waals surface area contributed by atoms with E-state index >= 15 is 0 Å². The molecule has 0 aliphatic heterocycles. The summed E-state index contributed by atoms with van der Waals surface area (Å²) in [7, 11) is 2.04. The van der Waals surface area contributed by atoms with Crippen molar-refractivity contribution >= 4 is 0 Å². The highest BCUT2D eigenvalue weighted by molar-refractivity contribution is 4.91. The zero-order valence-corrected chi connectivity index (χ0v) is 7.83. The van der Waals surface area contributed by atoms with Crippen LogP contribution in [0.25, 0.3) is 0 Å². The Kier molecular flexibility index (Phi) is 3.07. The van der Waals surface area contributed by atoms with E-state index < -0.39 is 0 Å². The maximum absolute atomic E-state index is 8.52. The highest BCUT2D eigenvalue weighted by Gasteiger charge is 2.30. The molecule has 1 rings (SSSR count). The van der Waals surface area contributed by atoms with Crippen molar-refractivity contribution in [3.8, 4) is 6.07 Å². The summed E-state index contributed by atoms with van der Waals surface area (Å²) >= 11 is 0. The zero-order chi connectivity index (χ0) is 9.14. The van der Waals surface area contributed by atoms with Crippen LogP contribution < -0.4 is 5.73 Å². The van der Waals surface area contributed by atoms with Crippen molar-refractivity contribution < 1.29 is 0 Å². The lowest BCUT2D eigenvalue weighted by Crippen LogP contribution is -2.40. The van der Waals surface area contributed by atoms with E-state index in [0.29, 0.717) is 12.6 Å². The van der Waals surface area contributed by atoms with E-state index in [1.807, 2.05) is 13.1 Å². The van der Waals surface area contributed by atoms with Gasteiger partial charge in [0.15, 0.2) is 0 Å². The number of nitrogens with zero attached hydrogens (tertiary/aromatic N) is 2. The van der Waals surface area contributed by atoms with Gasteiger partial charge in [-0.3, -0.25) is 0 Å². The predicted molar refractivity (Wildman–Crippen MR) is 48.4 cm³/mol. The van der Waals surface area contributed by atoms with Crippen LogP contribution in [0.2, 0.25) is 0 Å². The maximum atomic E-state index is 8.52. The third kappa shape index (κ3) is 2.47. The molecule has 3 heteroatoms. The second kappa shape index (κ2) is 3.88. The molecule has 1 saturated carbocycles. The van der Waals surface area contributed by atoms with Crippen LogP contribution in [0.3, 0.4) is 0 Å². The van der Waals surface area contributed by atoms with Crippen molar-refractivity contribution in [2.24, 2.45) is 11.7 Å². The van der Waals surface area contributed by atoms with Crippen molar-refractivity contribution in [2.45, 2.75) is 31.8 Å². The first-order chi connectivity index (χ1) is 5.65. The summed E-state index contributed by atoms with van der Waals surface area (Å²) in [6.07, 6.45) is 2.68. The Bertz CT molecular complexity index is 181. The Morgan fingerprint density at radius 3 is 2.67 bits per heavy atom. The molecule has 68 valence electrons. The third-order valence-electron chi connectivity index (χ3n) is 2.65. The summed E-state index contributed by atoms with van der Waals surface area (Å²) in [5, 5.41) is 8.52. The summed E-state index contributed by atoms with van der Waals surface area (Å²) in [5.74, 6) is 0.848. The number of nitriles is 1. The fraction of sp³-hybridized carbons (Fsp3) is 0.889. The molecule has 0 saturated heterocycles. The summed E-state index contributed by atoms with van der Waals surface area (Å²) in [4.78, 5) is 2.19. The van der Waals surface area contributed by atoms with Crippen LogP contribution in [0.5, 0.6) is 0 Å². The second-order valence-corrected chi connectivity index (χ2v) is 3.75. The van der Waals surface area contributed by atoms with Crippen molar-refractivity contribution in [3.63, 3.8) is 0 Å². The van der Waals surface area contributed by atoms with E-state index in [1.165, 1.54) is 12.8 Å². The molecule has 1 aliphatic rings. The average Bonchev–Trinajstić information content (AvgIpc) is 2.85. The Labute approximate surface area is 74.1 Å². The molecular formula is C9H17N3. The van der Waals surface area contributed by atoms with Crippen LogP contribution in [0.4, 0.5) is 0 Å². The summed E-state index contributed by atoms with van der Waals surface area (Å²) in [5.41, 5.74) is 5.53. The third-order valence-corrected chi connectivity index (χ3v) is 2.65. The minimum atomic E-state index is -0.337. The normalized spacial score (nSPS) is 21.9. The number of hydrogen-bond donors (Lipinski definition) is 1. The van der Waals surface area contributed by atoms with Gasteiger partial charge in [-0.1, -0.05) is 0 Å². The highest BCUT2D eigenvalue weighted by atomic mass is 15.1. The van der Waals surface area contributed by atoms with Crippen LogP contribution in [-0.4, -0.2) is 30.6 Å². The molecule has 0 aromatic carbocycles. The predicted octanol–water partition coefficient (Wildman–Crippen LogP) is 0.568. The molecule has 2 unspecified atom stereocenters. The van der Waals surface area contributed by atoms with Gasteiger partial charge in [0.2, 0.25) is 0 Å². The van der Waals surface area contributed by atoms with Gasteiger partial charge >= 0.3 is 0 Å². The van der Waals surface area contributed by atoms with Gasteiger partial charge in [-0.15, -0.1) is 0 Å². The van der Waals surface area contributed by atoms with Gasteiger partial charge in [0.25, 0.3) is 0 Å². The van der Waals surface area contributed by atoms with Crippen molar-refractivity contribution in [2.75, 3.05) is 13.6 Å². The molecule has 0 radical (unpaired) electrons. The summed E-state index contributed by atoms with van der Waals surface area (Å²) in [6.45, 7) is 2.90. The minimum absolute atomic E-state index is 0.337. The van der Waals surface area contributed by atoms with Gasteiger partial charge in [0, 0.05) is 12.6 Å². The zero-order valence-electron chi connectivity index (χ0n) is 7.83. The summed E-state index contributed by atoms with van der Waals surface area (Å²) < 4.78 is 0. The standard InChI is InChI=1S/C9H17N3/c1-7(8-3-4-8)12(2)6-9(11)5-10/h7-9H,3-4,6,11H2,1-2H3. The topological polar surface area (TPSA) is 53.0 Å². The summed E-state index contributed by atoms with van der Waals surface area (Å²) in [6, 6.07) is 2.30. The lowest BCUT2D eigenvalue weighted by molar-refractivity contribution is 0.231. The first-order valence-corrected chi connectivity index (χ1v) is 4.50. The molecule has 0 aromatic rings. The fourth-order valence-corrected chi connectivity index (χ4v) is 1.46. The first kappa shape index (κ1) is 9.50. The average molecular weight is 167 g/mol. The molecule has 12 heavy (non-hydrogen) atoms. The van der Waals surface area contributed by atoms with Gasteiger partial charge in [0.1, 0.15) is 6.04 Å². The Balaban J connectivity index is 2.26. The quantitative estimate of drug-likeness (QED) is 0.666. The van der Waals surface area contributed by atoms with Crippen molar-refractivity contribution in [1.82, 2.24) is 4.90 Å². The fourth-order valence-electron chi connectivity index (χ4n) is 1.46. The lowest BCUT2D eigenvalue weighted by atomic mass is 10.2. The van der Waals surface area contributed by atoms with Gasteiger partial charge in [-0.2, -0.15) is 5.26 Å². The molecule has 0 aromatic heterocycles. The van der Waals surface area contributed by atoms with E-state index in [-0.39, 0.29) is 6.04 Å². The van der Waals surface area contributed by atoms with E-state index in [9.17, 15) is 0 Å². The van der Waals surface area contributed by atoms with Crippen LogP contribution in [0.1, 0.15) is 19.8 Å². The Morgan fingerprint density at radius 2 is 2.25 bits per heavy atom. The van der Waals surface area contributed by atoms with E-state index in [1.54, 1.807) is 0 Å². The molecule has 0 heterocycles. The molecule has 0 amide bonds. The second-order valence-electron chi connectivity index (χ2n) is 3.75. The molecule has 1 fully saturated rings. The van der Waals surface area contributed by atoms with E-state index in [2.05, 4.69) is 11.8 Å². The molecule has 2 atom stereocenters. The van der Waals surface area contributed by atoms with Crippen molar-refractivity contribution in [3.05, 3.63) is 0 Å². The SMILES string of the molecule is CC(C1CC1)N(C)CC(N)C#N. The first-order valence-electron chi connectivity index (χ1n) is 4.50. The number of rotatable bonds is 4. The van der Waals surface area contributed by atoms with Gasteiger partial charge in [-0.05, 0) is 32.7 Å². The van der Waals surface area contributed by atoms with Crippen LogP contribution in [0, 0.1) is 17.2 Å². The number of likely N-dealkylation sites (N-methyl/N-ethyl adjacent to an activating group) is 1. The molecule has 3 nitrogen and oxygen atoms in total. The van der Waals surface area contributed by atoms with Gasteiger partial charge in [0.05, 0.1) is 6.07 Å². The Hall–Kier alpha value is -0.590. The van der Waals surface area contributed by atoms with Crippen LogP contribution in [-0.2, 0) is 0 Å². The molecule has 0 bridgehead atoms. The molecule has 1 aliphatic carbocycles. The van der Waals surface area contributed by atoms with Crippen molar-refractivity contribution in [1.29, 1.82) is 5.26 Å². The van der Waals surface area contributed by atoms with Crippen LogP contribution in [0.15, 0.2) is 0 Å². The smallest absolute Gasteiger partial charge is 0.106 e. The lowest BCUT2D eigenvalue weighted by Gasteiger charge is -2.25.